The zero-order valence-electron chi connectivity index (χ0n) is 6.18. The van der Waals surface area contributed by atoms with E-state index < -0.39 is 0 Å². The van der Waals surface area contributed by atoms with E-state index in [0.717, 1.165) is 0 Å². The van der Waals surface area contributed by atoms with Crippen LogP contribution in [0.25, 0.3) is 0 Å². The summed E-state index contributed by atoms with van der Waals surface area (Å²) in [7, 11) is 0. The quantitative estimate of drug-likeness (QED) is 0.581. The van der Waals surface area contributed by atoms with Crippen molar-refractivity contribution in [1.82, 2.24) is 0 Å². The SMILES string of the molecule is CC(C)C(C)[C@H](C)O. The van der Waals surface area contributed by atoms with Crippen molar-refractivity contribution in [3.63, 3.8) is 0 Å². The maximum Gasteiger partial charge on any atom is 0.0540 e. The van der Waals surface area contributed by atoms with E-state index in [4.69, 9.17) is 5.11 Å². The van der Waals surface area contributed by atoms with Gasteiger partial charge in [0.15, 0.2) is 0 Å². The molecule has 0 aromatic rings. The minimum atomic E-state index is -0.157. The third kappa shape index (κ3) is 2.31. The van der Waals surface area contributed by atoms with Crippen LogP contribution in [0.5, 0.6) is 0 Å². The second-order valence-electron chi connectivity index (χ2n) is 2.84. The van der Waals surface area contributed by atoms with Crippen molar-refractivity contribution < 1.29 is 5.11 Å². The number of aliphatic hydroxyl groups excluding tert-OH is 1. The zero-order chi connectivity index (χ0) is 6.73. The molecular weight excluding hydrogens is 100 g/mol. The van der Waals surface area contributed by atoms with Crippen LogP contribution < -0.4 is 0 Å². The highest BCUT2D eigenvalue weighted by atomic mass is 16.3. The average Bonchev–Trinajstić information content (AvgIpc) is 1.64. The molecule has 8 heavy (non-hydrogen) atoms. The van der Waals surface area contributed by atoms with Gasteiger partial charge < -0.3 is 5.11 Å². The Kier molecular flexibility index (Phi) is 3.06. The third-order valence-corrected chi connectivity index (χ3v) is 1.81. The van der Waals surface area contributed by atoms with Gasteiger partial charge in [0.2, 0.25) is 0 Å². The Morgan fingerprint density at radius 2 is 1.38 bits per heavy atom. The second kappa shape index (κ2) is 3.08. The molecule has 0 aromatic carbocycles. The molecular formula is C7H16O. The summed E-state index contributed by atoms with van der Waals surface area (Å²) >= 11 is 0. The standard InChI is InChI=1S/C7H16O/c1-5(2)6(3)7(4)8/h5-8H,1-4H3/t6?,7-/m0/s1. The van der Waals surface area contributed by atoms with Crippen molar-refractivity contribution in [2.75, 3.05) is 0 Å². The van der Waals surface area contributed by atoms with Gasteiger partial charge in [-0.25, -0.2) is 0 Å². The Balaban J connectivity index is 3.46. The molecule has 0 spiro atoms. The van der Waals surface area contributed by atoms with Gasteiger partial charge in [0.25, 0.3) is 0 Å². The highest BCUT2D eigenvalue weighted by Gasteiger charge is 2.11. The van der Waals surface area contributed by atoms with Crippen LogP contribution in [0, 0.1) is 11.8 Å². The van der Waals surface area contributed by atoms with E-state index in [1.54, 1.807) is 0 Å². The van der Waals surface area contributed by atoms with E-state index in [2.05, 4.69) is 20.8 Å². The highest BCUT2D eigenvalue weighted by Crippen LogP contribution is 2.12. The molecule has 1 nitrogen and oxygen atoms in total. The first-order valence-electron chi connectivity index (χ1n) is 3.23. The van der Waals surface area contributed by atoms with Crippen LogP contribution in [-0.2, 0) is 0 Å². The minimum Gasteiger partial charge on any atom is -0.393 e. The summed E-state index contributed by atoms with van der Waals surface area (Å²) in [5, 5.41) is 8.99. The molecule has 0 bridgehead atoms. The molecule has 1 unspecified atom stereocenters. The predicted octanol–water partition coefficient (Wildman–Crippen LogP) is 1.66. The van der Waals surface area contributed by atoms with Crippen molar-refractivity contribution in [2.45, 2.75) is 33.8 Å². The summed E-state index contributed by atoms with van der Waals surface area (Å²) in [5.41, 5.74) is 0. The summed E-state index contributed by atoms with van der Waals surface area (Å²) in [5.74, 6) is 1.02. The van der Waals surface area contributed by atoms with Gasteiger partial charge in [0, 0.05) is 0 Å². The van der Waals surface area contributed by atoms with Crippen molar-refractivity contribution in [3.8, 4) is 0 Å². The maximum atomic E-state index is 8.99. The van der Waals surface area contributed by atoms with Crippen LogP contribution in [-0.4, -0.2) is 11.2 Å². The molecule has 0 aromatic heterocycles. The molecule has 50 valence electrons. The number of hydrogen-bond donors (Lipinski definition) is 1. The molecule has 2 atom stereocenters. The van der Waals surface area contributed by atoms with E-state index in [1.807, 2.05) is 6.92 Å². The van der Waals surface area contributed by atoms with E-state index in [-0.39, 0.29) is 6.10 Å². The lowest BCUT2D eigenvalue weighted by Gasteiger charge is -2.17. The Morgan fingerprint density at radius 1 is 1.00 bits per heavy atom. The third-order valence-electron chi connectivity index (χ3n) is 1.81. The van der Waals surface area contributed by atoms with Gasteiger partial charge in [-0.2, -0.15) is 0 Å². The normalized spacial score (nSPS) is 18.8. The number of aliphatic hydroxyl groups is 1. The minimum absolute atomic E-state index is 0.157. The zero-order valence-corrected chi connectivity index (χ0v) is 6.18. The van der Waals surface area contributed by atoms with Gasteiger partial charge in [0.05, 0.1) is 6.10 Å². The molecule has 0 heterocycles. The van der Waals surface area contributed by atoms with Crippen LogP contribution >= 0.6 is 0 Å². The maximum absolute atomic E-state index is 8.99. The topological polar surface area (TPSA) is 20.2 Å². The summed E-state index contributed by atoms with van der Waals surface area (Å²) < 4.78 is 0. The molecule has 0 aliphatic heterocycles. The molecule has 0 saturated carbocycles. The first-order valence-corrected chi connectivity index (χ1v) is 3.23. The molecule has 0 saturated heterocycles. The Morgan fingerprint density at radius 3 is 1.38 bits per heavy atom. The number of hydrogen-bond acceptors (Lipinski definition) is 1. The fourth-order valence-electron chi connectivity index (χ4n) is 0.557. The Bertz CT molecular complexity index is 49.4. The van der Waals surface area contributed by atoms with Crippen LogP contribution in [0.4, 0.5) is 0 Å². The van der Waals surface area contributed by atoms with Crippen LogP contribution in [0.3, 0.4) is 0 Å². The van der Waals surface area contributed by atoms with Gasteiger partial charge in [-0.3, -0.25) is 0 Å². The van der Waals surface area contributed by atoms with Crippen LogP contribution in [0.1, 0.15) is 27.7 Å². The van der Waals surface area contributed by atoms with Gasteiger partial charge in [-0.15, -0.1) is 0 Å². The second-order valence-corrected chi connectivity index (χ2v) is 2.84. The largest absolute Gasteiger partial charge is 0.393 e. The monoisotopic (exact) mass is 116 g/mol. The summed E-state index contributed by atoms with van der Waals surface area (Å²) in [4.78, 5) is 0. The fourth-order valence-corrected chi connectivity index (χ4v) is 0.557. The molecule has 1 N–H and O–H groups in total. The predicted molar refractivity (Wildman–Crippen MR) is 35.7 cm³/mol. The van der Waals surface area contributed by atoms with E-state index >= 15 is 0 Å². The molecule has 0 rings (SSSR count). The van der Waals surface area contributed by atoms with Gasteiger partial charge in [-0.1, -0.05) is 20.8 Å². The van der Waals surface area contributed by atoms with Crippen molar-refractivity contribution in [1.29, 1.82) is 0 Å². The summed E-state index contributed by atoms with van der Waals surface area (Å²) in [6, 6.07) is 0. The summed E-state index contributed by atoms with van der Waals surface area (Å²) in [6.45, 7) is 8.15. The lowest BCUT2D eigenvalue weighted by molar-refractivity contribution is 0.109. The lowest BCUT2D eigenvalue weighted by Crippen LogP contribution is -2.18. The van der Waals surface area contributed by atoms with E-state index in [9.17, 15) is 0 Å². The number of rotatable bonds is 2. The first-order chi connectivity index (χ1) is 3.55. The van der Waals surface area contributed by atoms with Crippen LogP contribution in [0.15, 0.2) is 0 Å². The van der Waals surface area contributed by atoms with Gasteiger partial charge in [0.1, 0.15) is 0 Å². The smallest absolute Gasteiger partial charge is 0.0540 e. The van der Waals surface area contributed by atoms with Crippen molar-refractivity contribution in [2.24, 2.45) is 11.8 Å². The lowest BCUT2D eigenvalue weighted by atomic mass is 9.93. The molecule has 0 aliphatic carbocycles. The van der Waals surface area contributed by atoms with E-state index in [1.165, 1.54) is 0 Å². The average molecular weight is 116 g/mol. The van der Waals surface area contributed by atoms with E-state index in [0.29, 0.717) is 11.8 Å². The van der Waals surface area contributed by atoms with Gasteiger partial charge >= 0.3 is 0 Å². The molecule has 0 fully saturated rings. The Labute approximate surface area is 51.7 Å². The first kappa shape index (κ1) is 7.96. The van der Waals surface area contributed by atoms with Crippen molar-refractivity contribution >= 4 is 0 Å². The molecule has 0 aliphatic rings. The van der Waals surface area contributed by atoms with Crippen LogP contribution in [0.2, 0.25) is 0 Å². The highest BCUT2D eigenvalue weighted by molar-refractivity contribution is 4.61. The summed E-state index contributed by atoms with van der Waals surface area (Å²) in [6.07, 6.45) is -0.157. The fraction of sp³-hybridized carbons (Fsp3) is 1.00. The molecule has 1 heteroatoms. The molecule has 0 radical (unpaired) electrons. The Hall–Kier alpha value is -0.0400. The van der Waals surface area contributed by atoms with Gasteiger partial charge in [-0.05, 0) is 18.8 Å². The van der Waals surface area contributed by atoms with Crippen molar-refractivity contribution in [3.05, 3.63) is 0 Å². The molecule has 0 amide bonds.